The predicted octanol–water partition coefficient (Wildman–Crippen LogP) is 10.1. The van der Waals surface area contributed by atoms with Gasteiger partial charge in [-0.15, -0.1) is 28.0 Å². The van der Waals surface area contributed by atoms with Gasteiger partial charge in [0.05, 0.1) is 92.0 Å². The first-order valence-electron chi connectivity index (χ1n) is 27.2. The van der Waals surface area contributed by atoms with Crippen LogP contribution in [0.2, 0.25) is 0 Å². The van der Waals surface area contributed by atoms with E-state index in [0.29, 0.717) is 74.8 Å². The molecule has 0 aliphatic carbocycles. The Morgan fingerprint density at radius 2 is 0.753 bits per heavy atom. The summed E-state index contributed by atoms with van der Waals surface area (Å²) in [4.78, 5) is 25.6. The number of benzene rings is 6. The fourth-order valence-corrected chi connectivity index (χ4v) is 9.30. The molecule has 10 N–H and O–H groups in total. The number of ketones is 1. The first-order chi connectivity index (χ1) is 41.4. The normalized spacial score (nSPS) is 11.2. The molecule has 0 radical (unpaired) electrons. The molecule has 0 amide bonds. The molecule has 6 aromatic rings. The number of ether oxygens (including phenoxy) is 9. The highest BCUT2D eigenvalue weighted by molar-refractivity contribution is 7.95. The van der Waals surface area contributed by atoms with Crippen molar-refractivity contribution in [1.29, 1.82) is 0 Å². The van der Waals surface area contributed by atoms with Crippen LogP contribution in [-0.2, 0) is 52.0 Å². The van der Waals surface area contributed by atoms with Gasteiger partial charge in [0.2, 0.25) is 0 Å². The zero-order chi connectivity index (χ0) is 61.9. The van der Waals surface area contributed by atoms with Gasteiger partial charge in [0, 0.05) is 38.1 Å². The number of hydrogen-bond acceptors (Lipinski definition) is 25. The molecule has 0 aliphatic rings. The summed E-state index contributed by atoms with van der Waals surface area (Å²) in [6, 6.07) is 40.8. The molecular formula is C60H84N6O16S3. The third kappa shape index (κ3) is 29.6. The van der Waals surface area contributed by atoms with Crippen molar-refractivity contribution in [3.8, 4) is 51.7 Å². The maximum absolute atomic E-state index is 11.0. The van der Waals surface area contributed by atoms with Crippen molar-refractivity contribution in [2.45, 2.75) is 87.6 Å². The summed E-state index contributed by atoms with van der Waals surface area (Å²) in [6.45, 7) is 17.1. The van der Waals surface area contributed by atoms with Crippen LogP contribution in [0.1, 0.15) is 58.2 Å². The number of nitrogens with one attached hydrogen (secondary N) is 2. The molecule has 25 heteroatoms. The fraction of sp³-hybridized carbons (Fsp3) is 0.383. The Hall–Kier alpha value is -6.24. The minimum absolute atomic E-state index is 0.0945. The van der Waals surface area contributed by atoms with Gasteiger partial charge in [-0.1, -0.05) is 54.6 Å². The number of Topliss-reactive ketones (excluding diaryl/α,β-unsaturated/α-hetero) is 1. The van der Waals surface area contributed by atoms with E-state index in [0.717, 1.165) is 123 Å². The van der Waals surface area contributed by atoms with Crippen molar-refractivity contribution in [3.05, 3.63) is 144 Å². The molecule has 0 heterocycles. The molecule has 0 saturated carbocycles. The van der Waals surface area contributed by atoms with Gasteiger partial charge in [0.25, 0.3) is 0 Å². The third-order valence-electron chi connectivity index (χ3n) is 11.2. The van der Waals surface area contributed by atoms with Crippen LogP contribution in [0.15, 0.2) is 142 Å². The van der Waals surface area contributed by atoms with Gasteiger partial charge in [-0.2, -0.15) is 17.7 Å². The highest BCUT2D eigenvalue weighted by Gasteiger charge is 2.13. The second kappa shape index (κ2) is 45.1. The molecule has 0 saturated heterocycles. The molecule has 2 atom stereocenters. The Balaban J connectivity index is 0.000000311. The Kier molecular flexibility index (Phi) is 38.8. The first-order valence-corrected chi connectivity index (χ1v) is 29.4. The average Bonchev–Trinajstić information content (AvgIpc) is 3.68. The van der Waals surface area contributed by atoms with Crippen molar-refractivity contribution in [2.75, 3.05) is 80.6 Å². The Morgan fingerprint density at radius 1 is 0.447 bits per heavy atom. The van der Waals surface area contributed by atoms with Crippen LogP contribution in [0.4, 0.5) is 0 Å². The topological polar surface area (TPSA) is 284 Å². The van der Waals surface area contributed by atoms with E-state index >= 15 is 0 Å². The fourth-order valence-electron chi connectivity index (χ4n) is 7.66. The smallest absolute Gasteiger partial charge is 0.161 e. The highest BCUT2D eigenvalue weighted by Crippen LogP contribution is 2.34. The molecule has 0 spiro atoms. The van der Waals surface area contributed by atoms with Crippen LogP contribution in [0.3, 0.4) is 0 Å². The molecule has 0 bridgehead atoms. The van der Waals surface area contributed by atoms with E-state index in [4.69, 9.17) is 74.7 Å². The van der Waals surface area contributed by atoms with Crippen LogP contribution >= 0.6 is 36.1 Å². The van der Waals surface area contributed by atoms with Crippen LogP contribution in [-0.4, -0.2) is 98.5 Å². The average molecular weight is 1240 g/mol. The zero-order valence-corrected chi connectivity index (χ0v) is 52.3. The lowest BCUT2D eigenvalue weighted by Crippen LogP contribution is -2.31. The van der Waals surface area contributed by atoms with Crippen LogP contribution in [0.25, 0.3) is 0 Å². The molecule has 0 aliphatic heterocycles. The summed E-state index contributed by atoms with van der Waals surface area (Å²) in [7, 11) is 4.76. The summed E-state index contributed by atoms with van der Waals surface area (Å²) in [5, 5.41) is 6.93. The number of para-hydroxylation sites is 6. The Morgan fingerprint density at radius 3 is 1.05 bits per heavy atom. The zero-order valence-electron chi connectivity index (χ0n) is 49.8. The Labute approximate surface area is 512 Å². The Bertz CT molecular complexity index is 2640. The summed E-state index contributed by atoms with van der Waals surface area (Å²) >= 11 is 2.95. The molecule has 6 aromatic carbocycles. The van der Waals surface area contributed by atoms with Crippen molar-refractivity contribution >= 4 is 41.9 Å². The van der Waals surface area contributed by atoms with E-state index in [9.17, 15) is 4.79 Å². The van der Waals surface area contributed by atoms with E-state index in [1.807, 2.05) is 136 Å². The van der Waals surface area contributed by atoms with Gasteiger partial charge < -0.3 is 59.0 Å². The van der Waals surface area contributed by atoms with Gasteiger partial charge in [-0.25, -0.2) is 0 Å². The number of carbonyl (C=O) groups excluding carboxylic acids is 1. The largest absolute Gasteiger partial charge is 0.495 e. The number of methoxy groups -OCH3 is 3. The van der Waals surface area contributed by atoms with E-state index in [2.05, 4.69) is 43.8 Å². The van der Waals surface area contributed by atoms with Gasteiger partial charge in [0.15, 0.2) is 34.5 Å². The van der Waals surface area contributed by atoms with Crippen molar-refractivity contribution in [3.63, 3.8) is 0 Å². The SMILES string of the molecule is CCOc1ccccc1OCCN.CCOc1ccccc1OCCNC(C)Cc1ccc(OC)c(SOON)c1.CCOc1ccccc1OCCNC(C)Cc1ccc(OC)c(SOON)c1.COc1ccc(CC(C)=O)cc1SOON. The van der Waals surface area contributed by atoms with Gasteiger partial charge >= 0.3 is 0 Å². The lowest BCUT2D eigenvalue weighted by atomic mass is 10.1. The number of hydrogen-bond donors (Lipinski definition) is 6. The second-order valence-corrected chi connectivity index (χ2v) is 19.9. The minimum Gasteiger partial charge on any atom is -0.495 e. The lowest BCUT2D eigenvalue weighted by molar-refractivity contribution is -0.195. The molecule has 6 rings (SSSR count). The van der Waals surface area contributed by atoms with E-state index in [1.54, 1.807) is 33.5 Å². The summed E-state index contributed by atoms with van der Waals surface area (Å²) in [5.74, 6) is 21.3. The molecule has 0 fully saturated rings. The summed E-state index contributed by atoms with van der Waals surface area (Å²) in [5.41, 5.74) is 8.51. The molecule has 468 valence electrons. The molecule has 0 aromatic heterocycles. The second-order valence-electron chi connectivity index (χ2n) is 17.7. The van der Waals surface area contributed by atoms with Crippen LogP contribution in [0, 0.1) is 0 Å². The molecular weight excluding hydrogens is 1160 g/mol. The van der Waals surface area contributed by atoms with Gasteiger partial charge in [0.1, 0.15) is 42.9 Å². The predicted molar refractivity (Wildman–Crippen MR) is 331 cm³/mol. The molecule has 2 unspecified atom stereocenters. The number of rotatable bonds is 37. The minimum atomic E-state index is 0.0945. The molecule has 22 nitrogen and oxygen atoms in total. The first kappa shape index (κ1) is 73.0. The standard InChI is InChI=1S/2C20H28N2O5S.C10H13NO4S.C10H15NO2/c2*1-4-24-17-7-5-6-8-18(17)25-12-11-22-15(2)13-16-9-10-19(23-3)20(14-16)28-27-26-21;1-7(12)5-8-3-4-9(13-2)10(6-8)16-15-14-11;1-2-12-9-5-3-4-6-10(9)13-8-7-11/h2*5-10,14-15,22H,4,11-13,21H2,1-3H3;3-4,6H,5,11H2,1-2H3;3-6H,2,7-8,11H2,1H3. The monoisotopic (exact) mass is 1240 g/mol. The maximum Gasteiger partial charge on any atom is 0.161 e. The maximum atomic E-state index is 11.0. The van der Waals surface area contributed by atoms with Crippen molar-refractivity contribution in [1.82, 2.24) is 10.6 Å². The quantitative estimate of drug-likeness (QED) is 0.00915. The summed E-state index contributed by atoms with van der Waals surface area (Å²) in [6.07, 6.45) is 2.06. The van der Waals surface area contributed by atoms with Crippen molar-refractivity contribution in [2.24, 2.45) is 23.4 Å². The van der Waals surface area contributed by atoms with Crippen LogP contribution < -0.4 is 76.7 Å². The number of nitrogens with two attached hydrogens (primary N) is 4. The van der Waals surface area contributed by atoms with E-state index in [1.165, 1.54) is 6.92 Å². The summed E-state index contributed by atoms with van der Waals surface area (Å²) < 4.78 is 63.3. The lowest BCUT2D eigenvalue weighted by Gasteiger charge is -2.16. The highest BCUT2D eigenvalue weighted by atomic mass is 32.2. The van der Waals surface area contributed by atoms with Gasteiger partial charge in [-0.3, -0.25) is 4.79 Å². The van der Waals surface area contributed by atoms with Crippen LogP contribution in [0.5, 0.6) is 51.7 Å². The molecule has 85 heavy (non-hydrogen) atoms. The van der Waals surface area contributed by atoms with E-state index < -0.39 is 0 Å². The van der Waals surface area contributed by atoms with E-state index in [-0.39, 0.29) is 17.9 Å². The third-order valence-corrected chi connectivity index (χ3v) is 13.2. The van der Waals surface area contributed by atoms with Crippen molar-refractivity contribution < 1.29 is 75.4 Å². The number of carbonyl (C=O) groups is 1. The van der Waals surface area contributed by atoms with Gasteiger partial charge in [-0.05, 0) is 144 Å².